The van der Waals surface area contributed by atoms with E-state index >= 15 is 0 Å². The maximum Gasteiger partial charge on any atom is 0.330 e. The monoisotopic (exact) mass is 386 g/mol. The van der Waals surface area contributed by atoms with Crippen LogP contribution in [0.1, 0.15) is 35.3 Å². The van der Waals surface area contributed by atoms with Gasteiger partial charge in [0.05, 0.1) is 13.2 Å². The molecule has 1 aromatic heterocycles. The number of hydrogen-bond donors (Lipinski definition) is 1. The quantitative estimate of drug-likeness (QED) is 0.386. The van der Waals surface area contributed by atoms with Crippen LogP contribution in [0.25, 0.3) is 17.0 Å². The number of hydrogen-bond acceptors (Lipinski definition) is 3. The van der Waals surface area contributed by atoms with Crippen molar-refractivity contribution in [1.82, 2.24) is 9.88 Å². The second-order valence-corrected chi connectivity index (χ2v) is 7.53. The van der Waals surface area contributed by atoms with E-state index in [-0.39, 0.29) is 12.0 Å². The Labute approximate surface area is 171 Å². The molecule has 0 saturated carbocycles. The zero-order valence-corrected chi connectivity index (χ0v) is 16.9. The fourth-order valence-corrected chi connectivity index (χ4v) is 4.32. The number of esters is 1. The summed E-state index contributed by atoms with van der Waals surface area (Å²) in [5.41, 5.74) is 6.06. The first kappa shape index (κ1) is 19.2. The molecule has 0 aliphatic carbocycles. The van der Waals surface area contributed by atoms with Crippen LogP contribution in [0.15, 0.2) is 67.3 Å². The molecule has 0 bridgehead atoms. The highest BCUT2D eigenvalue weighted by molar-refractivity contribution is 5.87. The van der Waals surface area contributed by atoms with Crippen LogP contribution in [0.2, 0.25) is 0 Å². The largest absolute Gasteiger partial charge is 0.466 e. The molecule has 0 spiro atoms. The maximum absolute atomic E-state index is 11.3. The number of carbonyl (C=O) groups is 1. The fraction of sp³-hybridized carbons (Fsp3) is 0.240. The summed E-state index contributed by atoms with van der Waals surface area (Å²) in [4.78, 5) is 17.5. The highest BCUT2D eigenvalue weighted by Crippen LogP contribution is 2.40. The number of methoxy groups -OCH3 is 1. The molecule has 3 aromatic rings. The number of carbonyl (C=O) groups excluding carboxylic acids is 1. The van der Waals surface area contributed by atoms with Gasteiger partial charge in [-0.1, -0.05) is 48.5 Å². The number of nitrogens with zero attached hydrogens (tertiary/aromatic N) is 1. The molecule has 1 aliphatic rings. The normalized spacial score (nSPS) is 19.4. The van der Waals surface area contributed by atoms with E-state index in [0.717, 1.165) is 18.5 Å². The third-order valence-electron chi connectivity index (χ3n) is 5.72. The van der Waals surface area contributed by atoms with Crippen LogP contribution in [-0.4, -0.2) is 35.5 Å². The van der Waals surface area contributed by atoms with Crippen molar-refractivity contribution in [2.45, 2.75) is 25.4 Å². The van der Waals surface area contributed by atoms with Crippen molar-refractivity contribution >= 4 is 22.9 Å². The number of fused-ring (bicyclic) bond motifs is 3. The summed E-state index contributed by atoms with van der Waals surface area (Å²) in [6.07, 6.45) is 6.21. The molecule has 2 atom stereocenters. The molecular weight excluding hydrogens is 360 g/mol. The summed E-state index contributed by atoms with van der Waals surface area (Å²) in [6, 6.07) is 17.5. The summed E-state index contributed by atoms with van der Waals surface area (Å²) in [5.74, 6) is -0.352. The number of nitrogens with one attached hydrogen (secondary N) is 1. The minimum atomic E-state index is -0.352. The first-order chi connectivity index (χ1) is 14.1. The number of rotatable bonds is 5. The molecule has 1 N–H and O–H groups in total. The van der Waals surface area contributed by atoms with Crippen molar-refractivity contribution in [2.75, 3.05) is 13.7 Å². The zero-order valence-electron chi connectivity index (χ0n) is 16.9. The molecule has 0 radical (unpaired) electrons. The topological polar surface area (TPSA) is 45.3 Å². The Morgan fingerprint density at radius 3 is 2.72 bits per heavy atom. The van der Waals surface area contributed by atoms with Crippen molar-refractivity contribution < 1.29 is 9.53 Å². The molecule has 4 nitrogen and oxygen atoms in total. The van der Waals surface area contributed by atoms with Crippen molar-refractivity contribution in [3.63, 3.8) is 0 Å². The van der Waals surface area contributed by atoms with E-state index in [1.807, 2.05) is 18.2 Å². The zero-order chi connectivity index (χ0) is 20.4. The van der Waals surface area contributed by atoms with Gasteiger partial charge >= 0.3 is 5.97 Å². The smallest absolute Gasteiger partial charge is 0.330 e. The number of ether oxygens (including phenoxy) is 1. The van der Waals surface area contributed by atoms with Gasteiger partial charge in [0, 0.05) is 35.3 Å². The third-order valence-corrected chi connectivity index (χ3v) is 5.72. The van der Waals surface area contributed by atoms with Gasteiger partial charge in [0.2, 0.25) is 0 Å². The van der Waals surface area contributed by atoms with Gasteiger partial charge in [-0.05, 0) is 42.2 Å². The predicted octanol–water partition coefficient (Wildman–Crippen LogP) is 4.88. The van der Waals surface area contributed by atoms with E-state index < -0.39 is 0 Å². The SMILES string of the molecule is C=CCN1[C@@H](c2ccc(/C=C/C(=O)OC)cc2)c2[nH]c3ccccc3c2C[C@H]1C. The minimum absolute atomic E-state index is 0.137. The van der Waals surface area contributed by atoms with E-state index in [1.165, 1.54) is 40.9 Å². The van der Waals surface area contributed by atoms with Gasteiger partial charge in [0.15, 0.2) is 0 Å². The first-order valence-corrected chi connectivity index (χ1v) is 9.94. The lowest BCUT2D eigenvalue weighted by Crippen LogP contribution is -2.42. The van der Waals surface area contributed by atoms with Crippen molar-refractivity contribution in [3.05, 3.63) is 89.6 Å². The average Bonchev–Trinajstić information content (AvgIpc) is 3.11. The molecule has 2 heterocycles. The Balaban J connectivity index is 1.76. The summed E-state index contributed by atoms with van der Waals surface area (Å²) in [7, 11) is 1.38. The van der Waals surface area contributed by atoms with E-state index in [9.17, 15) is 4.79 Å². The van der Waals surface area contributed by atoms with Gasteiger partial charge in [-0.15, -0.1) is 6.58 Å². The molecule has 0 saturated heterocycles. The van der Waals surface area contributed by atoms with Crippen molar-refractivity contribution in [2.24, 2.45) is 0 Å². The van der Waals surface area contributed by atoms with Crippen LogP contribution < -0.4 is 0 Å². The molecule has 29 heavy (non-hydrogen) atoms. The fourth-order valence-electron chi connectivity index (χ4n) is 4.32. The van der Waals surface area contributed by atoms with Gasteiger partial charge in [0.1, 0.15) is 0 Å². The van der Waals surface area contributed by atoms with Gasteiger partial charge in [-0.3, -0.25) is 4.90 Å². The molecule has 0 fully saturated rings. The molecular formula is C25H26N2O2. The summed E-state index contributed by atoms with van der Waals surface area (Å²) < 4.78 is 4.67. The highest BCUT2D eigenvalue weighted by atomic mass is 16.5. The number of benzene rings is 2. The Morgan fingerprint density at radius 2 is 2.00 bits per heavy atom. The van der Waals surface area contributed by atoms with Crippen LogP contribution in [-0.2, 0) is 16.0 Å². The number of aromatic amines is 1. The second kappa shape index (κ2) is 8.10. The molecule has 2 aromatic carbocycles. The van der Waals surface area contributed by atoms with Crippen LogP contribution >= 0.6 is 0 Å². The first-order valence-electron chi connectivity index (χ1n) is 9.94. The number of aromatic nitrogens is 1. The molecule has 148 valence electrons. The Kier molecular flexibility index (Phi) is 5.36. The average molecular weight is 386 g/mol. The van der Waals surface area contributed by atoms with Gasteiger partial charge < -0.3 is 9.72 Å². The lowest BCUT2D eigenvalue weighted by atomic mass is 9.88. The van der Waals surface area contributed by atoms with E-state index in [2.05, 4.69) is 64.5 Å². The van der Waals surface area contributed by atoms with E-state index in [4.69, 9.17) is 0 Å². The molecule has 0 amide bonds. The third kappa shape index (κ3) is 3.64. The van der Waals surface area contributed by atoms with Gasteiger partial charge in [-0.2, -0.15) is 0 Å². The lowest BCUT2D eigenvalue weighted by Gasteiger charge is -2.40. The van der Waals surface area contributed by atoms with Crippen LogP contribution in [0.5, 0.6) is 0 Å². The Morgan fingerprint density at radius 1 is 1.24 bits per heavy atom. The summed E-state index contributed by atoms with van der Waals surface area (Å²) >= 11 is 0. The van der Waals surface area contributed by atoms with Gasteiger partial charge in [0.25, 0.3) is 0 Å². The molecule has 4 rings (SSSR count). The highest BCUT2D eigenvalue weighted by Gasteiger charge is 2.34. The predicted molar refractivity (Wildman–Crippen MR) is 118 cm³/mol. The summed E-state index contributed by atoms with van der Waals surface area (Å²) in [5, 5.41) is 1.32. The number of para-hydroxylation sites is 1. The van der Waals surface area contributed by atoms with Crippen molar-refractivity contribution in [1.29, 1.82) is 0 Å². The second-order valence-electron chi connectivity index (χ2n) is 7.53. The Bertz CT molecular complexity index is 1060. The summed E-state index contributed by atoms with van der Waals surface area (Å²) in [6.45, 7) is 7.08. The maximum atomic E-state index is 11.3. The molecule has 1 aliphatic heterocycles. The molecule has 4 heteroatoms. The van der Waals surface area contributed by atoms with E-state index in [1.54, 1.807) is 6.08 Å². The van der Waals surface area contributed by atoms with Crippen LogP contribution in [0.3, 0.4) is 0 Å². The number of H-pyrrole nitrogens is 1. The van der Waals surface area contributed by atoms with Gasteiger partial charge in [-0.25, -0.2) is 4.79 Å². The Hall–Kier alpha value is -3.11. The minimum Gasteiger partial charge on any atom is -0.466 e. The standard InChI is InChI=1S/C25H26N2O2/c1-4-15-27-17(2)16-21-20-7-5-6-8-22(20)26-24(21)25(27)19-12-9-18(10-13-19)11-14-23(28)29-3/h4-14,17,25-26H,1,15-16H2,2-3H3/b14-11+/t17-,25+/m1/s1. The van der Waals surface area contributed by atoms with Crippen LogP contribution in [0.4, 0.5) is 0 Å². The van der Waals surface area contributed by atoms with Crippen LogP contribution in [0, 0.1) is 0 Å². The molecule has 0 unspecified atom stereocenters. The lowest BCUT2D eigenvalue weighted by molar-refractivity contribution is -0.134. The van der Waals surface area contributed by atoms with E-state index in [0.29, 0.717) is 6.04 Å². The van der Waals surface area contributed by atoms with Crippen molar-refractivity contribution in [3.8, 4) is 0 Å².